The second-order valence-corrected chi connectivity index (χ2v) is 10.6. The smallest absolute Gasteiger partial charge is 0.321 e. The standard InChI is InChI=1S/C27H29N7O3S/c1-3-28-25(37)33-26-32-21-13-17(12-19(23(21)38-26)20-6-4-5-9-29-20)18-14-30-22(31-15-18)16-34-10-7-27(2,8-11-34)24(35)36/h4-6,9,12-15H,3,7-8,10-11,16H2,1-2H3,(H,35,36)(H2,28,32,33,37). The van der Waals surface area contributed by atoms with Crippen molar-refractivity contribution >= 4 is 38.7 Å². The molecule has 4 aromatic rings. The Balaban J connectivity index is 1.40. The van der Waals surface area contributed by atoms with Gasteiger partial charge in [0.25, 0.3) is 0 Å². The molecule has 0 aliphatic carbocycles. The van der Waals surface area contributed by atoms with Crippen molar-refractivity contribution in [1.29, 1.82) is 0 Å². The van der Waals surface area contributed by atoms with Gasteiger partial charge in [-0.3, -0.25) is 20.0 Å². The fourth-order valence-electron chi connectivity index (χ4n) is 4.47. The van der Waals surface area contributed by atoms with E-state index in [1.54, 1.807) is 18.6 Å². The topological polar surface area (TPSA) is 133 Å². The van der Waals surface area contributed by atoms with Gasteiger partial charge in [-0.2, -0.15) is 0 Å². The third-order valence-corrected chi connectivity index (χ3v) is 7.89. The Morgan fingerprint density at radius 3 is 2.53 bits per heavy atom. The fourth-order valence-corrected chi connectivity index (χ4v) is 5.43. The van der Waals surface area contributed by atoms with Gasteiger partial charge >= 0.3 is 12.0 Å². The Bertz CT molecular complexity index is 1450. The molecule has 1 aliphatic rings. The molecule has 10 nitrogen and oxygen atoms in total. The molecule has 5 rings (SSSR count). The number of anilines is 1. The molecule has 0 spiro atoms. The van der Waals surface area contributed by atoms with Crippen molar-refractivity contribution in [2.75, 3.05) is 25.0 Å². The molecule has 1 fully saturated rings. The number of hydrogen-bond acceptors (Lipinski definition) is 8. The summed E-state index contributed by atoms with van der Waals surface area (Å²) in [7, 11) is 0. The highest BCUT2D eigenvalue weighted by molar-refractivity contribution is 7.22. The summed E-state index contributed by atoms with van der Waals surface area (Å²) >= 11 is 1.40. The summed E-state index contributed by atoms with van der Waals surface area (Å²) in [5.74, 6) is -0.0344. The van der Waals surface area contributed by atoms with Crippen LogP contribution in [0.15, 0.2) is 48.9 Å². The maximum absolute atomic E-state index is 12.1. The third kappa shape index (κ3) is 5.48. The van der Waals surface area contributed by atoms with Crippen LogP contribution in [-0.4, -0.2) is 61.6 Å². The minimum atomic E-state index is -0.730. The number of aliphatic carboxylic acids is 1. The number of carbonyl (C=O) groups is 2. The van der Waals surface area contributed by atoms with Crippen LogP contribution >= 0.6 is 11.3 Å². The Morgan fingerprint density at radius 2 is 1.87 bits per heavy atom. The highest BCUT2D eigenvalue weighted by Gasteiger charge is 2.36. The number of nitrogens with zero attached hydrogens (tertiary/aromatic N) is 5. The van der Waals surface area contributed by atoms with Gasteiger partial charge in [0.1, 0.15) is 5.82 Å². The van der Waals surface area contributed by atoms with E-state index in [4.69, 9.17) is 0 Å². The van der Waals surface area contributed by atoms with Crippen LogP contribution in [0, 0.1) is 5.41 Å². The molecule has 3 N–H and O–H groups in total. The van der Waals surface area contributed by atoms with Gasteiger partial charge in [0, 0.05) is 36.3 Å². The number of carboxylic acids is 1. The summed E-state index contributed by atoms with van der Waals surface area (Å²) in [6.07, 6.45) is 6.58. The van der Waals surface area contributed by atoms with Gasteiger partial charge in [0.15, 0.2) is 5.13 Å². The van der Waals surface area contributed by atoms with E-state index in [-0.39, 0.29) is 6.03 Å². The first-order valence-electron chi connectivity index (χ1n) is 12.5. The molecule has 1 aromatic carbocycles. The fraction of sp³-hybridized carbons (Fsp3) is 0.333. The van der Waals surface area contributed by atoms with Gasteiger partial charge < -0.3 is 10.4 Å². The number of carbonyl (C=O) groups excluding carboxylic acids is 1. The molecule has 4 heterocycles. The number of piperidine rings is 1. The van der Waals surface area contributed by atoms with Crippen molar-refractivity contribution in [3.8, 4) is 22.4 Å². The van der Waals surface area contributed by atoms with Gasteiger partial charge in [-0.15, -0.1) is 0 Å². The largest absolute Gasteiger partial charge is 0.481 e. The Morgan fingerprint density at radius 1 is 1.11 bits per heavy atom. The third-order valence-electron chi connectivity index (χ3n) is 6.87. The number of benzene rings is 1. The highest BCUT2D eigenvalue weighted by Crippen LogP contribution is 2.38. The van der Waals surface area contributed by atoms with Crippen molar-refractivity contribution in [3.05, 3.63) is 54.7 Å². The van der Waals surface area contributed by atoms with Crippen LogP contribution < -0.4 is 10.6 Å². The molecular weight excluding hydrogens is 502 g/mol. The molecule has 38 heavy (non-hydrogen) atoms. The predicted molar refractivity (Wildman–Crippen MR) is 147 cm³/mol. The molecule has 3 aromatic heterocycles. The summed E-state index contributed by atoms with van der Waals surface area (Å²) in [5, 5.41) is 15.5. The SMILES string of the molecule is CCNC(=O)Nc1nc2cc(-c3cnc(CN4CCC(C)(C(=O)O)CC4)nc3)cc(-c3ccccn3)c2s1. The second-order valence-electron chi connectivity index (χ2n) is 9.62. The molecule has 0 bridgehead atoms. The number of rotatable bonds is 7. The zero-order valence-corrected chi connectivity index (χ0v) is 22.1. The van der Waals surface area contributed by atoms with E-state index in [0.717, 1.165) is 32.6 Å². The summed E-state index contributed by atoms with van der Waals surface area (Å²) in [4.78, 5) is 44.2. The minimum Gasteiger partial charge on any atom is -0.481 e. The summed E-state index contributed by atoms with van der Waals surface area (Å²) in [6.45, 7) is 6.18. The average molecular weight is 532 g/mol. The number of urea groups is 1. The van der Waals surface area contributed by atoms with Gasteiger partial charge in [0.2, 0.25) is 0 Å². The molecule has 0 saturated carbocycles. The second kappa shape index (κ2) is 10.8. The molecule has 0 atom stereocenters. The van der Waals surface area contributed by atoms with Crippen molar-refractivity contribution in [3.63, 3.8) is 0 Å². The zero-order valence-electron chi connectivity index (χ0n) is 21.3. The van der Waals surface area contributed by atoms with Crippen LogP contribution in [0.5, 0.6) is 0 Å². The molecule has 196 valence electrons. The lowest BCUT2D eigenvalue weighted by molar-refractivity contribution is -0.150. The van der Waals surface area contributed by atoms with Crippen LogP contribution in [0.2, 0.25) is 0 Å². The van der Waals surface area contributed by atoms with Crippen LogP contribution in [0.3, 0.4) is 0 Å². The molecule has 0 radical (unpaired) electrons. The normalized spacial score (nSPS) is 15.3. The molecule has 11 heteroatoms. The van der Waals surface area contributed by atoms with E-state index in [9.17, 15) is 14.7 Å². The van der Waals surface area contributed by atoms with Crippen molar-refractivity contribution < 1.29 is 14.7 Å². The first-order chi connectivity index (χ1) is 18.3. The van der Waals surface area contributed by atoms with E-state index >= 15 is 0 Å². The maximum Gasteiger partial charge on any atom is 0.321 e. The Labute approximate surface area is 224 Å². The Kier molecular flexibility index (Phi) is 7.30. The van der Waals surface area contributed by atoms with Gasteiger partial charge in [-0.05, 0) is 69.6 Å². The monoisotopic (exact) mass is 531 g/mol. The average Bonchev–Trinajstić information content (AvgIpc) is 3.32. The number of carboxylic acid groups (broad SMARTS) is 1. The van der Waals surface area contributed by atoms with Crippen LogP contribution in [0.25, 0.3) is 32.6 Å². The van der Waals surface area contributed by atoms with Gasteiger partial charge in [-0.1, -0.05) is 17.4 Å². The summed E-state index contributed by atoms with van der Waals surface area (Å²) in [6, 6.07) is 9.48. The van der Waals surface area contributed by atoms with E-state index in [1.165, 1.54) is 11.3 Å². The first kappa shape index (κ1) is 25.7. The molecule has 2 amide bonds. The number of thiazole rings is 1. The number of likely N-dealkylation sites (tertiary alicyclic amines) is 1. The van der Waals surface area contributed by atoms with E-state index in [2.05, 4.69) is 41.5 Å². The van der Waals surface area contributed by atoms with E-state index in [0.29, 0.717) is 50.0 Å². The van der Waals surface area contributed by atoms with Crippen molar-refractivity contribution in [2.45, 2.75) is 33.2 Å². The van der Waals surface area contributed by atoms with Crippen LogP contribution in [0.1, 0.15) is 32.5 Å². The minimum absolute atomic E-state index is 0.295. The Hall–Kier alpha value is -3.96. The maximum atomic E-state index is 12.1. The van der Waals surface area contributed by atoms with Crippen molar-refractivity contribution in [2.24, 2.45) is 5.41 Å². The predicted octanol–water partition coefficient (Wildman–Crippen LogP) is 4.64. The highest BCUT2D eigenvalue weighted by atomic mass is 32.1. The number of amides is 2. The molecule has 0 unspecified atom stereocenters. The van der Waals surface area contributed by atoms with E-state index in [1.807, 2.05) is 38.1 Å². The van der Waals surface area contributed by atoms with Crippen molar-refractivity contribution in [1.82, 2.24) is 30.2 Å². The zero-order chi connectivity index (χ0) is 26.7. The number of nitrogens with one attached hydrogen (secondary N) is 2. The van der Waals surface area contributed by atoms with Crippen LogP contribution in [0.4, 0.5) is 9.93 Å². The lowest BCUT2D eigenvalue weighted by Gasteiger charge is -2.36. The lowest BCUT2D eigenvalue weighted by Crippen LogP contribution is -2.42. The molecule has 1 saturated heterocycles. The van der Waals surface area contributed by atoms with Gasteiger partial charge in [-0.25, -0.2) is 19.7 Å². The van der Waals surface area contributed by atoms with Gasteiger partial charge in [0.05, 0.1) is 27.9 Å². The summed E-state index contributed by atoms with van der Waals surface area (Å²) < 4.78 is 0.926. The number of hydrogen-bond donors (Lipinski definition) is 3. The first-order valence-corrected chi connectivity index (χ1v) is 13.3. The number of pyridine rings is 1. The molecule has 1 aliphatic heterocycles. The lowest BCUT2D eigenvalue weighted by atomic mass is 9.80. The van der Waals surface area contributed by atoms with E-state index < -0.39 is 11.4 Å². The number of fused-ring (bicyclic) bond motifs is 1. The molecular formula is C27H29N7O3S. The number of aromatic nitrogens is 4. The quantitative estimate of drug-likeness (QED) is 0.314. The van der Waals surface area contributed by atoms with Crippen LogP contribution in [-0.2, 0) is 11.3 Å². The summed E-state index contributed by atoms with van der Waals surface area (Å²) in [5.41, 5.74) is 3.56.